The van der Waals surface area contributed by atoms with E-state index >= 15 is 0 Å². The summed E-state index contributed by atoms with van der Waals surface area (Å²) < 4.78 is 33.0. The minimum absolute atomic E-state index is 0.124. The Bertz CT molecular complexity index is 1180. The van der Waals surface area contributed by atoms with E-state index in [2.05, 4.69) is 20.2 Å². The maximum atomic E-state index is 13.0. The molecule has 0 saturated carbocycles. The first kappa shape index (κ1) is 20.9. The van der Waals surface area contributed by atoms with Crippen LogP contribution in [0.25, 0.3) is 11.1 Å². The van der Waals surface area contributed by atoms with Crippen molar-refractivity contribution in [1.29, 1.82) is 0 Å². The average molecular weight is 417 g/mol. The highest BCUT2D eigenvalue weighted by Crippen LogP contribution is 2.25. The Morgan fingerprint density at radius 3 is 2.59 bits per heavy atom. The number of amides is 1. The van der Waals surface area contributed by atoms with Gasteiger partial charge >= 0.3 is 0 Å². The van der Waals surface area contributed by atoms with Gasteiger partial charge in [-0.25, -0.2) is 18.1 Å². The quantitative estimate of drug-likeness (QED) is 0.637. The topological polar surface area (TPSA) is 114 Å². The van der Waals surface area contributed by atoms with Crippen LogP contribution in [0.3, 0.4) is 0 Å². The van der Waals surface area contributed by atoms with E-state index in [1.54, 1.807) is 45.9 Å². The van der Waals surface area contributed by atoms with E-state index in [-0.39, 0.29) is 16.8 Å². The number of sulfonamides is 1. The van der Waals surface area contributed by atoms with Gasteiger partial charge in [-0.05, 0) is 57.9 Å². The second kappa shape index (κ2) is 7.92. The number of nitrogens with zero attached hydrogens (tertiary/aromatic N) is 2. The first-order valence-electron chi connectivity index (χ1n) is 9.32. The number of aryl methyl sites for hydroxylation is 3. The third-order valence-electron chi connectivity index (χ3n) is 4.40. The molecule has 1 aromatic carbocycles. The van der Waals surface area contributed by atoms with E-state index < -0.39 is 10.0 Å². The summed E-state index contributed by atoms with van der Waals surface area (Å²) in [5, 5.41) is 7.23. The molecule has 29 heavy (non-hydrogen) atoms. The van der Waals surface area contributed by atoms with Crippen molar-refractivity contribution >= 4 is 32.7 Å². The van der Waals surface area contributed by atoms with Crippen LogP contribution in [0.15, 0.2) is 33.7 Å². The van der Waals surface area contributed by atoms with Gasteiger partial charge in [0.1, 0.15) is 0 Å². The molecule has 154 valence electrons. The van der Waals surface area contributed by atoms with Gasteiger partial charge in [-0.1, -0.05) is 18.1 Å². The SMILES string of the molecule is CCc1cc(C(=O)Nc2ccc(C)c(S(=O)(=O)NC(C)C)c2)c2c(C)noc2n1. The van der Waals surface area contributed by atoms with Crippen molar-refractivity contribution in [1.82, 2.24) is 14.9 Å². The molecule has 8 nitrogen and oxygen atoms in total. The standard InChI is InChI=1S/C20H24N4O4S/c1-6-14-9-16(18-13(5)23-28-20(18)22-14)19(25)21-15-8-7-12(4)17(10-15)29(26,27)24-11(2)3/h7-11,24H,6H2,1-5H3,(H,21,25). The molecule has 0 aliphatic carbocycles. The number of benzene rings is 1. The maximum Gasteiger partial charge on any atom is 0.258 e. The van der Waals surface area contributed by atoms with Gasteiger partial charge in [0.25, 0.3) is 11.6 Å². The van der Waals surface area contributed by atoms with Crippen molar-refractivity contribution in [3.8, 4) is 0 Å². The van der Waals surface area contributed by atoms with E-state index in [9.17, 15) is 13.2 Å². The lowest BCUT2D eigenvalue weighted by Gasteiger charge is -2.14. The van der Waals surface area contributed by atoms with Gasteiger partial charge in [0, 0.05) is 17.4 Å². The van der Waals surface area contributed by atoms with Crippen LogP contribution >= 0.6 is 0 Å². The number of fused-ring (bicyclic) bond motifs is 1. The highest BCUT2D eigenvalue weighted by Gasteiger charge is 2.21. The second-order valence-electron chi connectivity index (χ2n) is 7.17. The minimum Gasteiger partial charge on any atom is -0.336 e. The summed E-state index contributed by atoms with van der Waals surface area (Å²) in [5.74, 6) is -0.387. The van der Waals surface area contributed by atoms with Crippen molar-refractivity contribution < 1.29 is 17.7 Å². The molecule has 0 aliphatic heterocycles. The van der Waals surface area contributed by atoms with Crippen LogP contribution in [-0.2, 0) is 16.4 Å². The molecule has 3 rings (SSSR count). The molecule has 9 heteroatoms. The summed E-state index contributed by atoms with van der Waals surface area (Å²) in [5.41, 5.74) is 2.92. The van der Waals surface area contributed by atoms with Crippen LogP contribution < -0.4 is 10.0 Å². The summed E-state index contributed by atoms with van der Waals surface area (Å²) >= 11 is 0. The van der Waals surface area contributed by atoms with Gasteiger partial charge in [0.15, 0.2) is 0 Å². The summed E-state index contributed by atoms with van der Waals surface area (Å²) in [7, 11) is -3.69. The van der Waals surface area contributed by atoms with Gasteiger partial charge in [-0.3, -0.25) is 4.79 Å². The Morgan fingerprint density at radius 2 is 1.93 bits per heavy atom. The Balaban J connectivity index is 1.99. The molecule has 1 amide bonds. The van der Waals surface area contributed by atoms with E-state index in [1.807, 2.05) is 6.92 Å². The van der Waals surface area contributed by atoms with Gasteiger partial charge in [-0.2, -0.15) is 0 Å². The van der Waals surface area contributed by atoms with Crippen molar-refractivity contribution in [2.75, 3.05) is 5.32 Å². The molecular weight excluding hydrogens is 392 g/mol. The number of pyridine rings is 1. The Hall–Kier alpha value is -2.78. The molecular formula is C20H24N4O4S. The van der Waals surface area contributed by atoms with Crippen LogP contribution in [0.1, 0.15) is 48.1 Å². The molecule has 0 bridgehead atoms. The maximum absolute atomic E-state index is 13.0. The van der Waals surface area contributed by atoms with Gasteiger partial charge in [0.2, 0.25) is 10.0 Å². The monoisotopic (exact) mass is 416 g/mol. The lowest BCUT2D eigenvalue weighted by atomic mass is 10.1. The van der Waals surface area contributed by atoms with E-state index in [0.717, 1.165) is 0 Å². The third kappa shape index (κ3) is 4.30. The number of carbonyl (C=O) groups is 1. The lowest BCUT2D eigenvalue weighted by molar-refractivity contribution is 0.102. The molecule has 0 atom stereocenters. The van der Waals surface area contributed by atoms with Crippen LogP contribution in [-0.4, -0.2) is 30.5 Å². The molecule has 0 aliphatic rings. The Kier molecular flexibility index (Phi) is 5.72. The molecule has 3 aromatic rings. The van der Waals surface area contributed by atoms with Gasteiger partial charge < -0.3 is 9.84 Å². The summed E-state index contributed by atoms with van der Waals surface area (Å²) in [4.78, 5) is 17.5. The number of nitrogens with one attached hydrogen (secondary N) is 2. The number of anilines is 1. The predicted octanol–water partition coefficient (Wildman–Crippen LogP) is 3.34. The fraction of sp³-hybridized carbons (Fsp3) is 0.350. The molecule has 0 spiro atoms. The fourth-order valence-corrected chi connectivity index (χ4v) is 4.57. The number of rotatable bonds is 6. The van der Waals surface area contributed by atoms with Crippen molar-refractivity contribution in [3.05, 3.63) is 46.8 Å². The number of hydrogen-bond acceptors (Lipinski definition) is 6. The molecule has 2 N–H and O–H groups in total. The Labute approximate surface area is 169 Å². The molecule has 2 heterocycles. The normalized spacial score (nSPS) is 11.9. The largest absolute Gasteiger partial charge is 0.336 e. The Morgan fingerprint density at radius 1 is 1.21 bits per heavy atom. The summed E-state index contributed by atoms with van der Waals surface area (Å²) in [6.07, 6.45) is 0.629. The van der Waals surface area contributed by atoms with Crippen LogP contribution in [0.2, 0.25) is 0 Å². The lowest BCUT2D eigenvalue weighted by Crippen LogP contribution is -2.30. The highest BCUT2D eigenvalue weighted by atomic mass is 32.2. The van der Waals surface area contributed by atoms with Crippen molar-refractivity contribution in [3.63, 3.8) is 0 Å². The van der Waals surface area contributed by atoms with Crippen LogP contribution in [0.5, 0.6) is 0 Å². The average Bonchev–Trinajstić information content (AvgIpc) is 3.02. The zero-order valence-electron chi connectivity index (χ0n) is 17.0. The van der Waals surface area contributed by atoms with E-state index in [4.69, 9.17) is 4.52 Å². The molecule has 2 aromatic heterocycles. The molecule has 0 saturated heterocycles. The fourth-order valence-electron chi connectivity index (χ4n) is 3.05. The van der Waals surface area contributed by atoms with Crippen LogP contribution in [0.4, 0.5) is 5.69 Å². The minimum atomic E-state index is -3.69. The molecule has 0 fully saturated rings. The van der Waals surface area contributed by atoms with E-state index in [0.29, 0.717) is 45.7 Å². The second-order valence-corrected chi connectivity index (χ2v) is 8.86. The molecule has 0 radical (unpaired) electrons. The molecule has 0 unspecified atom stereocenters. The van der Waals surface area contributed by atoms with E-state index in [1.165, 1.54) is 6.07 Å². The zero-order valence-corrected chi connectivity index (χ0v) is 17.8. The first-order valence-corrected chi connectivity index (χ1v) is 10.8. The summed E-state index contributed by atoms with van der Waals surface area (Å²) in [6, 6.07) is 6.24. The van der Waals surface area contributed by atoms with Crippen molar-refractivity contribution in [2.24, 2.45) is 0 Å². The number of aromatic nitrogens is 2. The predicted molar refractivity (Wildman–Crippen MR) is 111 cm³/mol. The third-order valence-corrected chi connectivity index (χ3v) is 6.20. The van der Waals surface area contributed by atoms with Crippen molar-refractivity contribution in [2.45, 2.75) is 52.0 Å². The van der Waals surface area contributed by atoms with Crippen LogP contribution in [0, 0.1) is 13.8 Å². The first-order chi connectivity index (χ1) is 13.6. The van der Waals surface area contributed by atoms with Gasteiger partial charge in [0.05, 0.1) is 21.5 Å². The van der Waals surface area contributed by atoms with Gasteiger partial charge in [-0.15, -0.1) is 0 Å². The highest BCUT2D eigenvalue weighted by molar-refractivity contribution is 7.89. The zero-order chi connectivity index (χ0) is 21.3. The smallest absolute Gasteiger partial charge is 0.258 e. The summed E-state index contributed by atoms with van der Waals surface area (Å²) in [6.45, 7) is 8.88. The number of hydrogen-bond donors (Lipinski definition) is 2. The number of carbonyl (C=O) groups excluding carboxylic acids is 1.